The molecule has 0 saturated carbocycles. The van der Waals surface area contributed by atoms with Crippen molar-refractivity contribution in [3.63, 3.8) is 0 Å². The number of carbonyl (C=O) groups is 1. The molecule has 0 radical (unpaired) electrons. The van der Waals surface area contributed by atoms with Crippen molar-refractivity contribution in [3.05, 3.63) is 41.5 Å². The van der Waals surface area contributed by atoms with Gasteiger partial charge in [0.15, 0.2) is 0 Å². The van der Waals surface area contributed by atoms with Crippen LogP contribution in [-0.2, 0) is 9.53 Å². The van der Waals surface area contributed by atoms with Crippen LogP contribution in [0, 0.1) is 22.7 Å². The van der Waals surface area contributed by atoms with Crippen molar-refractivity contribution in [3.8, 4) is 12.1 Å². The normalized spacial score (nSPS) is 10.6. The van der Waals surface area contributed by atoms with E-state index in [4.69, 9.17) is 15.3 Å². The van der Waals surface area contributed by atoms with Crippen LogP contribution in [0.15, 0.2) is 30.3 Å². The molecule has 0 atom stereocenters. The van der Waals surface area contributed by atoms with Crippen LogP contribution in [0.3, 0.4) is 0 Å². The van der Waals surface area contributed by atoms with Gasteiger partial charge < -0.3 is 4.74 Å². The van der Waals surface area contributed by atoms with Gasteiger partial charge in [-0.15, -0.1) is 0 Å². The van der Waals surface area contributed by atoms with Crippen molar-refractivity contribution >= 4 is 11.5 Å². The molecule has 0 aliphatic rings. The molecule has 0 aliphatic heterocycles. The van der Waals surface area contributed by atoms with Gasteiger partial charge in [-0.25, -0.2) is 4.79 Å². The lowest BCUT2D eigenvalue weighted by Crippen LogP contribution is -2.09. The molecule has 90 valence electrons. The third-order valence-electron chi connectivity index (χ3n) is 2.07. The van der Waals surface area contributed by atoms with Gasteiger partial charge in [0.1, 0.15) is 6.07 Å². The number of esters is 1. The first-order valence-corrected chi connectivity index (χ1v) is 5.40. The van der Waals surface area contributed by atoms with Gasteiger partial charge in [0.2, 0.25) is 0 Å². The highest BCUT2D eigenvalue weighted by atomic mass is 16.5. The van der Waals surface area contributed by atoms with Gasteiger partial charge in [-0.2, -0.15) is 10.5 Å². The lowest BCUT2D eigenvalue weighted by molar-refractivity contribution is -0.141. The Labute approximate surface area is 106 Å². The minimum atomic E-state index is -0.589. The predicted octanol–water partition coefficient (Wildman–Crippen LogP) is 2.42. The van der Waals surface area contributed by atoms with Crippen LogP contribution < -0.4 is 0 Å². The molecular formula is C14H12N2O2. The number of nitrogens with zero attached hydrogens (tertiary/aromatic N) is 2. The molecule has 4 nitrogen and oxygen atoms in total. The second-order valence-electron chi connectivity index (χ2n) is 3.81. The summed E-state index contributed by atoms with van der Waals surface area (Å²) in [6, 6.07) is 10.5. The fraction of sp³-hybridized carbons (Fsp3) is 0.214. The third kappa shape index (κ3) is 3.47. The Hall–Kier alpha value is -2.59. The summed E-state index contributed by atoms with van der Waals surface area (Å²) in [6.07, 6.45) is 0.857. The number of benzene rings is 1. The van der Waals surface area contributed by atoms with E-state index in [2.05, 4.69) is 0 Å². The Kier molecular flexibility index (Phi) is 4.66. The first kappa shape index (κ1) is 13.5. The minimum Gasteiger partial charge on any atom is -0.460 e. The average molecular weight is 240 g/mol. The molecule has 0 fully saturated rings. The van der Waals surface area contributed by atoms with Crippen molar-refractivity contribution < 1.29 is 9.53 Å². The molecule has 0 spiro atoms. The predicted molar refractivity (Wildman–Crippen MR) is 66.0 cm³/mol. The molecule has 0 N–H and O–H groups in total. The summed E-state index contributed by atoms with van der Waals surface area (Å²) in [6.45, 7) is 3.45. The molecule has 0 amide bonds. The second kappa shape index (κ2) is 6.22. The van der Waals surface area contributed by atoms with E-state index >= 15 is 0 Å². The fourth-order valence-electron chi connectivity index (χ4n) is 1.37. The highest BCUT2D eigenvalue weighted by Crippen LogP contribution is 2.18. The largest absolute Gasteiger partial charge is 0.460 e. The second-order valence-corrected chi connectivity index (χ2v) is 3.81. The molecule has 1 rings (SSSR count). The topological polar surface area (TPSA) is 73.9 Å². The number of rotatable bonds is 3. The van der Waals surface area contributed by atoms with Gasteiger partial charge in [0.25, 0.3) is 0 Å². The van der Waals surface area contributed by atoms with Gasteiger partial charge in [0.05, 0.1) is 23.3 Å². The van der Waals surface area contributed by atoms with E-state index in [1.165, 1.54) is 0 Å². The van der Waals surface area contributed by atoms with Crippen LogP contribution in [0.1, 0.15) is 25.0 Å². The Morgan fingerprint density at radius 3 is 2.56 bits per heavy atom. The Balaban J connectivity index is 3.12. The summed E-state index contributed by atoms with van der Waals surface area (Å²) in [5, 5.41) is 18.0. The molecule has 18 heavy (non-hydrogen) atoms. The number of allylic oxidation sites excluding steroid dienone is 1. The van der Waals surface area contributed by atoms with Crippen molar-refractivity contribution in [1.29, 1.82) is 10.5 Å². The van der Waals surface area contributed by atoms with Gasteiger partial charge in [0, 0.05) is 11.6 Å². The van der Waals surface area contributed by atoms with Crippen LogP contribution in [0.2, 0.25) is 0 Å². The van der Waals surface area contributed by atoms with Crippen molar-refractivity contribution in [2.24, 2.45) is 0 Å². The molecule has 0 heterocycles. The first-order chi connectivity index (χ1) is 8.58. The van der Waals surface area contributed by atoms with E-state index in [1.54, 1.807) is 38.1 Å². The van der Waals surface area contributed by atoms with E-state index < -0.39 is 5.97 Å². The Morgan fingerprint density at radius 2 is 2.00 bits per heavy atom. The van der Waals surface area contributed by atoms with Crippen molar-refractivity contribution in [2.75, 3.05) is 0 Å². The van der Waals surface area contributed by atoms with Crippen LogP contribution in [-0.4, -0.2) is 12.1 Å². The van der Waals surface area contributed by atoms with Crippen LogP contribution in [0.5, 0.6) is 0 Å². The van der Waals surface area contributed by atoms with Gasteiger partial charge in [-0.3, -0.25) is 0 Å². The summed E-state index contributed by atoms with van der Waals surface area (Å²) >= 11 is 0. The maximum absolute atomic E-state index is 11.5. The van der Waals surface area contributed by atoms with E-state index in [0.29, 0.717) is 11.1 Å². The molecule has 0 saturated heterocycles. The zero-order valence-corrected chi connectivity index (χ0v) is 10.2. The standard InChI is InChI=1S/C14H12N2O2/c1-10(2)18-14(17)7-12(9-16)13-6-4-3-5-11(13)8-15/h3-7,10H,1-2H3. The Bertz CT molecular complexity index is 560. The SMILES string of the molecule is CC(C)OC(=O)C=C(C#N)c1ccccc1C#N. The smallest absolute Gasteiger partial charge is 0.332 e. The molecule has 1 aromatic carbocycles. The quantitative estimate of drug-likeness (QED) is 0.462. The number of hydrogen-bond acceptors (Lipinski definition) is 4. The van der Waals surface area contributed by atoms with Gasteiger partial charge in [-0.1, -0.05) is 18.2 Å². The molecule has 0 aromatic heterocycles. The highest BCUT2D eigenvalue weighted by Gasteiger charge is 2.10. The molecule has 0 aliphatic carbocycles. The molecular weight excluding hydrogens is 228 g/mol. The zero-order valence-electron chi connectivity index (χ0n) is 10.2. The maximum Gasteiger partial charge on any atom is 0.332 e. The number of nitriles is 2. The van der Waals surface area contributed by atoms with Gasteiger partial charge in [-0.05, 0) is 19.9 Å². The van der Waals surface area contributed by atoms with E-state index in [-0.39, 0.29) is 11.7 Å². The summed E-state index contributed by atoms with van der Waals surface area (Å²) in [7, 11) is 0. The van der Waals surface area contributed by atoms with Crippen LogP contribution in [0.25, 0.3) is 5.57 Å². The van der Waals surface area contributed by atoms with Crippen LogP contribution in [0.4, 0.5) is 0 Å². The number of hydrogen-bond donors (Lipinski definition) is 0. The lowest BCUT2D eigenvalue weighted by Gasteiger charge is -2.05. The summed E-state index contributed by atoms with van der Waals surface area (Å²) in [5.74, 6) is -0.589. The van der Waals surface area contributed by atoms with Crippen molar-refractivity contribution in [2.45, 2.75) is 20.0 Å². The fourth-order valence-corrected chi connectivity index (χ4v) is 1.37. The number of ether oxygens (including phenoxy) is 1. The molecule has 1 aromatic rings. The minimum absolute atomic E-state index is 0.123. The summed E-state index contributed by atoms with van der Waals surface area (Å²) in [5.41, 5.74) is 0.906. The molecule has 0 bridgehead atoms. The van der Waals surface area contributed by atoms with E-state index in [1.807, 2.05) is 12.1 Å². The lowest BCUT2D eigenvalue weighted by atomic mass is 10.0. The number of carbonyl (C=O) groups excluding carboxylic acids is 1. The monoisotopic (exact) mass is 240 g/mol. The summed E-state index contributed by atoms with van der Waals surface area (Å²) in [4.78, 5) is 11.5. The van der Waals surface area contributed by atoms with Crippen molar-refractivity contribution in [1.82, 2.24) is 0 Å². The summed E-state index contributed by atoms with van der Waals surface area (Å²) < 4.78 is 4.93. The zero-order chi connectivity index (χ0) is 13.5. The third-order valence-corrected chi connectivity index (χ3v) is 2.07. The first-order valence-electron chi connectivity index (χ1n) is 5.40. The van der Waals surface area contributed by atoms with Crippen LogP contribution >= 0.6 is 0 Å². The maximum atomic E-state index is 11.5. The van der Waals surface area contributed by atoms with Gasteiger partial charge >= 0.3 is 5.97 Å². The van der Waals surface area contributed by atoms with E-state index in [0.717, 1.165) is 6.08 Å². The van der Waals surface area contributed by atoms with E-state index in [9.17, 15) is 4.79 Å². The molecule has 0 unspecified atom stereocenters. The average Bonchev–Trinajstić information content (AvgIpc) is 2.35. The highest BCUT2D eigenvalue weighted by molar-refractivity contribution is 5.96. The Morgan fingerprint density at radius 1 is 1.33 bits per heavy atom. The molecule has 4 heteroatoms.